The molecule has 1 amide bonds. The molecule has 2 N–H and O–H groups in total. The molecule has 0 aromatic carbocycles. The van der Waals surface area contributed by atoms with Gasteiger partial charge in [-0.05, 0) is 39.2 Å². The van der Waals surface area contributed by atoms with Gasteiger partial charge in [-0.25, -0.2) is 0 Å². The van der Waals surface area contributed by atoms with Gasteiger partial charge in [0, 0.05) is 30.4 Å². The summed E-state index contributed by atoms with van der Waals surface area (Å²) in [5.74, 6) is 0.118. The van der Waals surface area contributed by atoms with Crippen molar-refractivity contribution >= 4 is 5.91 Å². The maximum absolute atomic E-state index is 12.6. The topological polar surface area (TPSA) is 61.0 Å². The van der Waals surface area contributed by atoms with Crippen molar-refractivity contribution in [2.24, 2.45) is 0 Å². The van der Waals surface area contributed by atoms with Crippen LogP contribution < -0.4 is 5.32 Å². The Bertz CT molecular complexity index is 454. The van der Waals surface area contributed by atoms with Gasteiger partial charge in [0.1, 0.15) is 0 Å². The van der Waals surface area contributed by atoms with Gasteiger partial charge in [-0.2, -0.15) is 5.10 Å². The summed E-state index contributed by atoms with van der Waals surface area (Å²) in [5.41, 5.74) is 3.00. The van der Waals surface area contributed by atoms with Gasteiger partial charge in [0.2, 0.25) is 0 Å². The monoisotopic (exact) mass is 248 g/mol. The Morgan fingerprint density at radius 2 is 2.39 bits per heavy atom. The number of hydrogen-bond donors (Lipinski definition) is 2. The smallest absolute Gasteiger partial charge is 0.274 e. The van der Waals surface area contributed by atoms with Crippen LogP contribution in [0.25, 0.3) is 0 Å². The maximum atomic E-state index is 12.6. The lowest BCUT2D eigenvalue weighted by Crippen LogP contribution is -2.41. The van der Waals surface area contributed by atoms with Crippen LogP contribution in [0.4, 0.5) is 0 Å². The molecule has 1 fully saturated rings. The molecule has 0 spiro atoms. The van der Waals surface area contributed by atoms with Crippen LogP contribution in [0.2, 0.25) is 0 Å². The third-order valence-corrected chi connectivity index (χ3v) is 4.09. The molecule has 0 saturated carbocycles. The molecular formula is C13H20N4O. The number of likely N-dealkylation sites (N-methyl/N-ethyl adjacent to an activating group) is 1. The quantitative estimate of drug-likeness (QED) is 0.828. The summed E-state index contributed by atoms with van der Waals surface area (Å²) >= 11 is 0. The molecule has 18 heavy (non-hydrogen) atoms. The van der Waals surface area contributed by atoms with Gasteiger partial charge in [-0.15, -0.1) is 0 Å². The number of aromatic nitrogens is 2. The lowest BCUT2D eigenvalue weighted by molar-refractivity contribution is 0.0730. The van der Waals surface area contributed by atoms with Crippen molar-refractivity contribution in [1.82, 2.24) is 20.4 Å². The highest BCUT2D eigenvalue weighted by Crippen LogP contribution is 2.26. The number of H-pyrrole nitrogens is 1. The van der Waals surface area contributed by atoms with Crippen LogP contribution in [0, 0.1) is 0 Å². The standard InChI is InChI=1S/C13H20N4O/c1-14-8-9-4-3-7-17(9)13(18)12-10-5-2-6-11(10)15-16-12/h9,14H,2-8H2,1H3,(H,15,16). The Morgan fingerprint density at radius 1 is 1.50 bits per heavy atom. The summed E-state index contributed by atoms with van der Waals surface area (Å²) in [6.45, 7) is 1.74. The lowest BCUT2D eigenvalue weighted by Gasteiger charge is -2.24. The summed E-state index contributed by atoms with van der Waals surface area (Å²) in [5, 5.41) is 10.4. The number of carbonyl (C=O) groups excluding carboxylic acids is 1. The number of aromatic amines is 1. The summed E-state index contributed by atoms with van der Waals surface area (Å²) in [4.78, 5) is 14.6. The molecule has 0 radical (unpaired) electrons. The number of rotatable bonds is 3. The minimum Gasteiger partial charge on any atom is -0.333 e. The minimum atomic E-state index is 0.118. The molecule has 5 heteroatoms. The van der Waals surface area contributed by atoms with Crippen molar-refractivity contribution < 1.29 is 4.79 Å². The number of amides is 1. The molecule has 98 valence electrons. The lowest BCUT2D eigenvalue weighted by atomic mass is 10.1. The largest absolute Gasteiger partial charge is 0.333 e. The molecule has 5 nitrogen and oxygen atoms in total. The van der Waals surface area contributed by atoms with E-state index in [0.29, 0.717) is 11.7 Å². The van der Waals surface area contributed by atoms with Crippen molar-refractivity contribution in [3.05, 3.63) is 17.0 Å². The predicted molar refractivity (Wildman–Crippen MR) is 68.6 cm³/mol. The molecule has 2 heterocycles. The molecule has 1 atom stereocenters. The van der Waals surface area contributed by atoms with Crippen LogP contribution in [0.1, 0.15) is 41.0 Å². The zero-order valence-electron chi connectivity index (χ0n) is 10.8. The van der Waals surface area contributed by atoms with E-state index in [1.54, 1.807) is 0 Å². The van der Waals surface area contributed by atoms with E-state index in [2.05, 4.69) is 15.5 Å². The van der Waals surface area contributed by atoms with Crippen molar-refractivity contribution in [2.75, 3.05) is 20.1 Å². The van der Waals surface area contributed by atoms with Crippen LogP contribution in [0.5, 0.6) is 0 Å². The van der Waals surface area contributed by atoms with Crippen molar-refractivity contribution in [3.63, 3.8) is 0 Å². The molecule has 1 aromatic heterocycles. The molecule has 2 aliphatic rings. The first kappa shape index (κ1) is 11.7. The van der Waals surface area contributed by atoms with E-state index in [1.807, 2.05) is 11.9 Å². The number of nitrogens with one attached hydrogen (secondary N) is 2. The molecule has 3 rings (SSSR count). The molecule has 1 aromatic rings. The van der Waals surface area contributed by atoms with E-state index < -0.39 is 0 Å². The van der Waals surface area contributed by atoms with Crippen molar-refractivity contribution in [1.29, 1.82) is 0 Å². The maximum Gasteiger partial charge on any atom is 0.274 e. The normalized spacial score (nSPS) is 22.5. The Labute approximate surface area is 107 Å². The second kappa shape index (κ2) is 4.72. The third kappa shape index (κ3) is 1.82. The Kier molecular flexibility index (Phi) is 3.07. The van der Waals surface area contributed by atoms with E-state index in [-0.39, 0.29) is 5.91 Å². The summed E-state index contributed by atoms with van der Waals surface area (Å²) in [6.07, 6.45) is 5.38. The highest BCUT2D eigenvalue weighted by atomic mass is 16.2. The predicted octanol–water partition coefficient (Wildman–Crippen LogP) is 0.722. The summed E-state index contributed by atoms with van der Waals surface area (Å²) in [7, 11) is 1.94. The number of fused-ring (bicyclic) bond motifs is 1. The molecule has 1 saturated heterocycles. The first-order valence-electron chi connectivity index (χ1n) is 6.83. The van der Waals surface area contributed by atoms with Gasteiger partial charge in [0.15, 0.2) is 5.69 Å². The molecule has 1 aliphatic heterocycles. The van der Waals surface area contributed by atoms with E-state index in [0.717, 1.165) is 50.8 Å². The molecule has 1 unspecified atom stereocenters. The van der Waals surface area contributed by atoms with Crippen LogP contribution in [-0.2, 0) is 12.8 Å². The number of likely N-dealkylation sites (tertiary alicyclic amines) is 1. The Morgan fingerprint density at radius 3 is 3.22 bits per heavy atom. The van der Waals surface area contributed by atoms with Gasteiger partial charge in [0.25, 0.3) is 5.91 Å². The second-order valence-corrected chi connectivity index (χ2v) is 5.24. The average Bonchev–Trinajstić information content (AvgIpc) is 3.03. The average molecular weight is 248 g/mol. The first-order chi connectivity index (χ1) is 8.81. The summed E-state index contributed by atoms with van der Waals surface area (Å²) in [6, 6.07) is 0.330. The van der Waals surface area contributed by atoms with E-state index in [1.165, 1.54) is 5.69 Å². The fourth-order valence-corrected chi connectivity index (χ4v) is 3.18. The van der Waals surface area contributed by atoms with E-state index in [4.69, 9.17) is 0 Å². The van der Waals surface area contributed by atoms with Gasteiger partial charge in [0.05, 0.1) is 0 Å². The minimum absolute atomic E-state index is 0.118. The third-order valence-electron chi connectivity index (χ3n) is 4.09. The van der Waals surface area contributed by atoms with Gasteiger partial charge >= 0.3 is 0 Å². The fraction of sp³-hybridized carbons (Fsp3) is 0.692. The molecule has 0 bridgehead atoms. The van der Waals surface area contributed by atoms with Gasteiger partial charge in [-0.3, -0.25) is 9.89 Å². The van der Waals surface area contributed by atoms with E-state index >= 15 is 0 Å². The highest BCUT2D eigenvalue weighted by Gasteiger charge is 2.32. The Hall–Kier alpha value is -1.36. The van der Waals surface area contributed by atoms with Crippen LogP contribution >= 0.6 is 0 Å². The van der Waals surface area contributed by atoms with Gasteiger partial charge in [-0.1, -0.05) is 0 Å². The number of aryl methyl sites for hydroxylation is 1. The van der Waals surface area contributed by atoms with Crippen molar-refractivity contribution in [2.45, 2.75) is 38.1 Å². The number of nitrogens with zero attached hydrogens (tertiary/aromatic N) is 2. The highest BCUT2D eigenvalue weighted by molar-refractivity contribution is 5.94. The molecular weight excluding hydrogens is 228 g/mol. The van der Waals surface area contributed by atoms with Crippen molar-refractivity contribution in [3.8, 4) is 0 Å². The van der Waals surface area contributed by atoms with Crippen LogP contribution in [0.15, 0.2) is 0 Å². The first-order valence-corrected chi connectivity index (χ1v) is 6.83. The molecule has 1 aliphatic carbocycles. The van der Waals surface area contributed by atoms with Crippen LogP contribution in [-0.4, -0.2) is 47.2 Å². The fourth-order valence-electron chi connectivity index (χ4n) is 3.18. The van der Waals surface area contributed by atoms with Gasteiger partial charge < -0.3 is 10.2 Å². The summed E-state index contributed by atoms with van der Waals surface area (Å²) < 4.78 is 0. The Balaban J connectivity index is 1.81. The van der Waals surface area contributed by atoms with Crippen LogP contribution in [0.3, 0.4) is 0 Å². The van der Waals surface area contributed by atoms with E-state index in [9.17, 15) is 4.79 Å². The second-order valence-electron chi connectivity index (χ2n) is 5.24. The SMILES string of the molecule is CNCC1CCCN1C(=O)c1n[nH]c2c1CCC2. The zero-order valence-corrected chi connectivity index (χ0v) is 10.8. The number of carbonyl (C=O) groups is 1. The number of hydrogen-bond acceptors (Lipinski definition) is 3. The zero-order chi connectivity index (χ0) is 12.5.